The molecule has 0 aliphatic heterocycles. The summed E-state index contributed by atoms with van der Waals surface area (Å²) in [5, 5.41) is 25.1. The van der Waals surface area contributed by atoms with Gasteiger partial charge in [0, 0.05) is 22.7 Å². The summed E-state index contributed by atoms with van der Waals surface area (Å²) >= 11 is 0. The summed E-state index contributed by atoms with van der Waals surface area (Å²) in [6, 6.07) is 9.16. The minimum Gasteiger partial charge on any atom is -0.508 e. The summed E-state index contributed by atoms with van der Waals surface area (Å²) in [7, 11) is 0. The van der Waals surface area contributed by atoms with Crippen LogP contribution < -0.4 is 10.9 Å². The Morgan fingerprint density at radius 3 is 2.55 bits per heavy atom. The van der Waals surface area contributed by atoms with E-state index in [0.29, 0.717) is 27.7 Å². The number of benzene rings is 2. The molecule has 0 fully saturated rings. The van der Waals surface area contributed by atoms with Crippen LogP contribution in [0.5, 0.6) is 5.75 Å². The van der Waals surface area contributed by atoms with Gasteiger partial charge in [-0.1, -0.05) is 26.0 Å². The summed E-state index contributed by atoms with van der Waals surface area (Å²) in [5.74, 6) is -0.0988. The van der Waals surface area contributed by atoms with Crippen molar-refractivity contribution < 1.29 is 23.4 Å². The van der Waals surface area contributed by atoms with E-state index in [1.54, 1.807) is 45.0 Å². The number of H-pyrrole nitrogens is 1. The van der Waals surface area contributed by atoms with Crippen molar-refractivity contribution in [3.8, 4) is 5.75 Å². The average molecular weight is 432 g/mol. The summed E-state index contributed by atoms with van der Waals surface area (Å²) in [6.45, 7) is 4.83. The highest BCUT2D eigenvalue weighted by Gasteiger charge is 2.64. The molecule has 1 aliphatic rings. The number of phenolic OH excluding ortho intramolecular Hbond substituents is 1. The van der Waals surface area contributed by atoms with Gasteiger partial charge in [0.2, 0.25) is 5.56 Å². The van der Waals surface area contributed by atoms with Gasteiger partial charge in [-0.3, -0.25) is 4.79 Å². The van der Waals surface area contributed by atoms with Gasteiger partial charge in [-0.15, -0.1) is 0 Å². The van der Waals surface area contributed by atoms with E-state index in [-0.39, 0.29) is 16.9 Å². The normalized spacial score (nSPS) is 22.9. The lowest BCUT2D eigenvalue weighted by Crippen LogP contribution is -2.58. The smallest absolute Gasteiger partial charge is 0.419 e. The highest BCUT2D eigenvalue weighted by atomic mass is 19.4. The first-order chi connectivity index (χ1) is 14.3. The van der Waals surface area contributed by atoms with Crippen molar-refractivity contribution in [1.29, 1.82) is 0 Å². The topological polar surface area (TPSA) is 85.4 Å². The number of aromatic hydroxyl groups is 1. The fourth-order valence-electron chi connectivity index (χ4n) is 4.81. The molecule has 1 aliphatic carbocycles. The van der Waals surface area contributed by atoms with Crippen LogP contribution in [0, 0.1) is 6.92 Å². The molecule has 5 nitrogen and oxygen atoms in total. The molecule has 0 saturated carbocycles. The first-order valence-electron chi connectivity index (χ1n) is 9.85. The number of aromatic amines is 1. The number of aryl methyl sites for hydroxylation is 1. The molecule has 2 atom stereocenters. The first kappa shape index (κ1) is 21.2. The monoisotopic (exact) mass is 432 g/mol. The predicted octanol–water partition coefficient (Wildman–Crippen LogP) is 4.67. The van der Waals surface area contributed by atoms with Gasteiger partial charge in [0.25, 0.3) is 0 Å². The number of rotatable bonds is 2. The van der Waals surface area contributed by atoms with Crippen LogP contribution in [0.4, 0.5) is 18.9 Å². The summed E-state index contributed by atoms with van der Waals surface area (Å²) in [5.41, 5.74) is -2.62. The number of fused-ring (bicyclic) bond motifs is 2. The van der Waals surface area contributed by atoms with Crippen molar-refractivity contribution in [2.75, 3.05) is 5.32 Å². The highest BCUT2D eigenvalue weighted by Crippen LogP contribution is 2.56. The molecule has 1 heterocycles. The van der Waals surface area contributed by atoms with Gasteiger partial charge in [-0.05, 0) is 54.2 Å². The van der Waals surface area contributed by atoms with E-state index >= 15 is 0 Å². The Bertz CT molecular complexity index is 1230. The Labute approximate surface area is 176 Å². The van der Waals surface area contributed by atoms with E-state index < -0.39 is 29.7 Å². The Morgan fingerprint density at radius 1 is 1.16 bits per heavy atom. The molecular weight excluding hydrogens is 409 g/mol. The summed E-state index contributed by atoms with van der Waals surface area (Å²) in [6.07, 6.45) is -5.57. The number of pyridine rings is 1. The predicted molar refractivity (Wildman–Crippen MR) is 112 cm³/mol. The third kappa shape index (κ3) is 3.35. The van der Waals surface area contributed by atoms with E-state index in [1.165, 1.54) is 18.2 Å². The molecule has 4 rings (SSSR count). The quantitative estimate of drug-likeness (QED) is 0.474. The number of hydrogen-bond donors (Lipinski definition) is 4. The number of anilines is 1. The lowest BCUT2D eigenvalue weighted by Gasteiger charge is -2.49. The number of phenols is 1. The van der Waals surface area contributed by atoms with Crippen molar-refractivity contribution in [1.82, 2.24) is 4.98 Å². The number of alkyl halides is 3. The molecule has 0 spiro atoms. The second kappa shape index (κ2) is 6.75. The molecule has 31 heavy (non-hydrogen) atoms. The van der Waals surface area contributed by atoms with Crippen LogP contribution in [0.15, 0.2) is 47.3 Å². The molecule has 2 aromatic carbocycles. The van der Waals surface area contributed by atoms with Gasteiger partial charge in [0.1, 0.15) is 5.75 Å². The Hall–Kier alpha value is -3.00. The van der Waals surface area contributed by atoms with Crippen molar-refractivity contribution >= 4 is 16.6 Å². The van der Waals surface area contributed by atoms with Gasteiger partial charge >= 0.3 is 6.18 Å². The van der Waals surface area contributed by atoms with Gasteiger partial charge in [0.05, 0.1) is 11.6 Å². The maximum Gasteiger partial charge on any atom is 0.419 e. The van der Waals surface area contributed by atoms with E-state index in [4.69, 9.17) is 0 Å². The van der Waals surface area contributed by atoms with Gasteiger partial charge in [-0.25, -0.2) is 0 Å². The number of aromatic nitrogens is 1. The zero-order valence-electron chi connectivity index (χ0n) is 17.3. The van der Waals surface area contributed by atoms with Gasteiger partial charge < -0.3 is 20.5 Å². The standard InChI is InChI=1S/C23H23F3N2O3/c1-12-9-14-19(17(29)10-12)21(2,3)11-22(31,23(24,25)26)20(14)28-16-6-4-5-15-13(16)7-8-18(30)27-15/h4-10,20,28-29,31H,11H2,1-3H3,(H,27,30). The van der Waals surface area contributed by atoms with E-state index in [9.17, 15) is 28.2 Å². The number of aliphatic hydroxyl groups is 1. The van der Waals surface area contributed by atoms with Crippen molar-refractivity contribution in [3.05, 3.63) is 69.5 Å². The van der Waals surface area contributed by atoms with Gasteiger partial charge in [0.15, 0.2) is 5.60 Å². The van der Waals surface area contributed by atoms with Crippen LogP contribution in [0.25, 0.3) is 10.9 Å². The van der Waals surface area contributed by atoms with Crippen LogP contribution in [-0.2, 0) is 5.41 Å². The molecule has 0 radical (unpaired) electrons. The molecule has 4 N–H and O–H groups in total. The fourth-order valence-corrected chi connectivity index (χ4v) is 4.81. The minimum atomic E-state index is -4.93. The number of halogens is 3. The molecule has 0 amide bonds. The largest absolute Gasteiger partial charge is 0.508 e. The van der Waals surface area contributed by atoms with E-state index in [1.807, 2.05) is 0 Å². The fraction of sp³-hybridized carbons (Fsp3) is 0.348. The molecular formula is C23H23F3N2O3. The third-order valence-corrected chi connectivity index (χ3v) is 6.03. The second-order valence-electron chi connectivity index (χ2n) is 8.90. The Kier molecular flexibility index (Phi) is 4.62. The number of nitrogens with one attached hydrogen (secondary N) is 2. The van der Waals surface area contributed by atoms with Crippen LogP contribution in [-0.4, -0.2) is 27.0 Å². The van der Waals surface area contributed by atoms with E-state index in [2.05, 4.69) is 10.3 Å². The van der Waals surface area contributed by atoms with Crippen LogP contribution in [0.2, 0.25) is 0 Å². The van der Waals surface area contributed by atoms with Crippen LogP contribution in [0.3, 0.4) is 0 Å². The SMILES string of the molecule is Cc1cc(O)c2c(c1)C(Nc1cccc3[nH]c(=O)ccc13)C(O)(C(F)(F)F)CC2(C)C. The van der Waals surface area contributed by atoms with Crippen molar-refractivity contribution in [2.45, 2.75) is 50.4 Å². The zero-order chi connectivity index (χ0) is 22.8. The maximum absolute atomic E-state index is 14.3. The lowest BCUT2D eigenvalue weighted by molar-refractivity contribution is -0.275. The molecule has 0 saturated heterocycles. The van der Waals surface area contributed by atoms with Crippen molar-refractivity contribution in [3.63, 3.8) is 0 Å². The number of hydrogen-bond acceptors (Lipinski definition) is 4. The Morgan fingerprint density at radius 2 is 1.87 bits per heavy atom. The second-order valence-corrected chi connectivity index (χ2v) is 8.90. The summed E-state index contributed by atoms with van der Waals surface area (Å²) in [4.78, 5) is 14.3. The highest BCUT2D eigenvalue weighted by molar-refractivity contribution is 5.91. The Balaban J connectivity index is 1.97. The average Bonchev–Trinajstić information content (AvgIpc) is 2.62. The summed E-state index contributed by atoms with van der Waals surface area (Å²) < 4.78 is 42.9. The third-order valence-electron chi connectivity index (χ3n) is 6.03. The molecule has 164 valence electrons. The molecule has 2 unspecified atom stereocenters. The molecule has 3 aromatic rings. The lowest BCUT2D eigenvalue weighted by atomic mass is 9.63. The first-order valence-corrected chi connectivity index (χ1v) is 9.85. The van der Waals surface area contributed by atoms with Crippen molar-refractivity contribution in [2.24, 2.45) is 0 Å². The molecule has 1 aromatic heterocycles. The van der Waals surface area contributed by atoms with Crippen LogP contribution in [0.1, 0.15) is 43.0 Å². The van der Waals surface area contributed by atoms with Crippen LogP contribution >= 0.6 is 0 Å². The molecule has 0 bridgehead atoms. The zero-order valence-corrected chi connectivity index (χ0v) is 17.3. The minimum absolute atomic E-state index is 0.0988. The van der Waals surface area contributed by atoms with E-state index in [0.717, 1.165) is 0 Å². The van der Waals surface area contributed by atoms with Gasteiger partial charge in [-0.2, -0.15) is 13.2 Å². The molecule has 8 heteroatoms. The maximum atomic E-state index is 14.3.